The van der Waals surface area contributed by atoms with E-state index >= 15 is 0 Å². The highest BCUT2D eigenvalue weighted by atomic mass is 35.5. The number of hydrogen-bond donors (Lipinski definition) is 2. The number of nitrogens with one attached hydrogen (secondary N) is 1. The van der Waals surface area contributed by atoms with Crippen LogP contribution < -0.4 is 10.3 Å². The van der Waals surface area contributed by atoms with E-state index in [0.29, 0.717) is 42.6 Å². The van der Waals surface area contributed by atoms with Crippen LogP contribution in [-0.4, -0.2) is 72.5 Å². The quantitative estimate of drug-likeness (QED) is 0.350. The largest absolute Gasteiger partial charge is 0.466 e. The summed E-state index contributed by atoms with van der Waals surface area (Å²) in [6.45, 7) is 6.82. The number of ether oxygens (including phenoxy) is 1. The highest BCUT2D eigenvalue weighted by Gasteiger charge is 2.37. The van der Waals surface area contributed by atoms with Crippen LogP contribution in [0.2, 0.25) is 5.02 Å². The second kappa shape index (κ2) is 15.7. The molecule has 1 unspecified atom stereocenters. The fraction of sp³-hybridized carbons (Fsp3) is 0.387. The summed E-state index contributed by atoms with van der Waals surface area (Å²) >= 11 is 5.67. The SMILES string of the molecule is CCOC(C)=O.CO.Cc1cccc(F)c1N(C)C1=CC(c2cc(F)c(Cl)c(F)c2)=NC2=CC(C(=O)N3CCCCC3)NN21. The van der Waals surface area contributed by atoms with Crippen LogP contribution in [0.1, 0.15) is 44.2 Å². The van der Waals surface area contributed by atoms with Crippen molar-refractivity contribution in [1.82, 2.24) is 15.3 Å². The molecule has 1 saturated heterocycles. The van der Waals surface area contributed by atoms with Gasteiger partial charge in [-0.1, -0.05) is 23.7 Å². The molecule has 0 aromatic heterocycles. The van der Waals surface area contributed by atoms with Crippen molar-refractivity contribution in [3.8, 4) is 0 Å². The number of anilines is 1. The summed E-state index contributed by atoms with van der Waals surface area (Å²) in [6.07, 6.45) is 6.27. The first kappa shape index (κ1) is 34.6. The van der Waals surface area contributed by atoms with Gasteiger partial charge in [0.25, 0.3) is 0 Å². The van der Waals surface area contributed by atoms with Crippen LogP contribution >= 0.6 is 11.6 Å². The Bertz CT molecular complexity index is 1420. The monoisotopic (exact) mass is 635 g/mol. The van der Waals surface area contributed by atoms with Crippen molar-refractivity contribution in [2.45, 2.75) is 46.1 Å². The topological polar surface area (TPSA) is 97.7 Å². The molecule has 0 aliphatic carbocycles. The first-order chi connectivity index (χ1) is 21.0. The zero-order valence-corrected chi connectivity index (χ0v) is 26.1. The highest BCUT2D eigenvalue weighted by Crippen LogP contribution is 2.33. The smallest absolute Gasteiger partial charge is 0.302 e. The molecule has 9 nitrogen and oxygen atoms in total. The number of amides is 1. The summed E-state index contributed by atoms with van der Waals surface area (Å²) in [5.41, 5.74) is 4.60. The number of halogens is 4. The molecule has 238 valence electrons. The van der Waals surface area contributed by atoms with E-state index in [1.54, 1.807) is 55.1 Å². The van der Waals surface area contributed by atoms with Crippen LogP contribution in [0.25, 0.3) is 0 Å². The fourth-order valence-corrected chi connectivity index (χ4v) is 5.09. The number of carbonyl (C=O) groups excluding carboxylic acids is 2. The van der Waals surface area contributed by atoms with Gasteiger partial charge in [0.1, 0.15) is 40.2 Å². The minimum absolute atomic E-state index is 0.0824. The van der Waals surface area contributed by atoms with Crippen LogP contribution in [-0.2, 0) is 14.3 Å². The first-order valence-electron chi connectivity index (χ1n) is 14.1. The molecule has 44 heavy (non-hydrogen) atoms. The van der Waals surface area contributed by atoms with Crippen LogP contribution in [0.15, 0.2) is 59.1 Å². The van der Waals surface area contributed by atoms with Gasteiger partial charge in [-0.25, -0.2) is 28.6 Å². The van der Waals surface area contributed by atoms with Gasteiger partial charge >= 0.3 is 5.97 Å². The third kappa shape index (κ3) is 7.99. The molecule has 2 aromatic rings. The van der Waals surface area contributed by atoms with Gasteiger partial charge in [-0.05, 0) is 62.9 Å². The van der Waals surface area contributed by atoms with E-state index in [4.69, 9.17) is 16.7 Å². The Kier molecular flexibility index (Phi) is 12.4. The van der Waals surface area contributed by atoms with Crippen molar-refractivity contribution < 1.29 is 32.6 Å². The Hall–Kier alpha value is -3.87. The molecule has 0 saturated carbocycles. The maximum Gasteiger partial charge on any atom is 0.302 e. The van der Waals surface area contributed by atoms with Gasteiger partial charge in [0.15, 0.2) is 0 Å². The van der Waals surface area contributed by atoms with Crippen molar-refractivity contribution in [2.75, 3.05) is 38.8 Å². The maximum absolute atomic E-state index is 14.9. The van der Waals surface area contributed by atoms with Crippen molar-refractivity contribution >= 4 is 34.9 Å². The molecule has 1 fully saturated rings. The van der Waals surface area contributed by atoms with E-state index in [-0.39, 0.29) is 23.2 Å². The Labute approximate surface area is 260 Å². The summed E-state index contributed by atoms with van der Waals surface area (Å²) in [6, 6.07) is 6.28. The highest BCUT2D eigenvalue weighted by molar-refractivity contribution is 6.31. The number of aliphatic imine (C=N–C) groups is 1. The normalized spacial score (nSPS) is 17.1. The average Bonchev–Trinajstić information content (AvgIpc) is 3.44. The molecule has 3 aliphatic heterocycles. The number of likely N-dealkylation sites (tertiary alicyclic amines) is 1. The Morgan fingerprint density at radius 3 is 2.30 bits per heavy atom. The standard InChI is InChI=1S/C26H25ClF3N5O.C4H8O2.CH4O/c1-15-7-6-8-17(28)25(15)33(2)23-14-20(16-11-18(29)24(27)19(30)12-16)31-22-13-21(32-35(22)23)26(36)34-9-4-3-5-10-34;1-3-6-4(2)5;1-2/h6-8,11-14,21,32H,3-5,9-10H2,1-2H3;3H2,1-2H3;2H,1H3. The molecular weight excluding hydrogens is 599 g/mol. The van der Waals surface area contributed by atoms with Gasteiger partial charge in [0, 0.05) is 45.8 Å². The van der Waals surface area contributed by atoms with Gasteiger partial charge in [-0.3, -0.25) is 9.59 Å². The lowest BCUT2D eigenvalue weighted by atomic mass is 10.1. The molecule has 2 aromatic carbocycles. The minimum Gasteiger partial charge on any atom is -0.466 e. The number of aliphatic hydroxyl groups is 1. The number of aryl methyl sites for hydroxylation is 1. The second-order valence-electron chi connectivity index (χ2n) is 10.00. The molecule has 3 heterocycles. The number of rotatable bonds is 5. The zero-order chi connectivity index (χ0) is 32.6. The fourth-order valence-electron chi connectivity index (χ4n) is 4.98. The number of para-hydroxylation sites is 1. The maximum atomic E-state index is 14.9. The van der Waals surface area contributed by atoms with Gasteiger partial charge in [0.05, 0.1) is 18.0 Å². The van der Waals surface area contributed by atoms with Gasteiger partial charge in [-0.15, -0.1) is 0 Å². The molecule has 13 heteroatoms. The summed E-state index contributed by atoms with van der Waals surface area (Å²) < 4.78 is 47.8. The van der Waals surface area contributed by atoms with E-state index in [9.17, 15) is 22.8 Å². The Balaban J connectivity index is 0.000000593. The molecule has 0 radical (unpaired) electrons. The molecule has 0 spiro atoms. The van der Waals surface area contributed by atoms with Crippen LogP contribution in [0.4, 0.5) is 18.9 Å². The summed E-state index contributed by atoms with van der Waals surface area (Å²) in [4.78, 5) is 31.0. The number of piperidine rings is 1. The molecular formula is C31H37ClF3N5O4. The van der Waals surface area contributed by atoms with Crippen LogP contribution in [0.5, 0.6) is 0 Å². The Morgan fingerprint density at radius 2 is 1.75 bits per heavy atom. The number of carbonyl (C=O) groups is 2. The second-order valence-corrected chi connectivity index (χ2v) is 10.4. The van der Waals surface area contributed by atoms with E-state index in [0.717, 1.165) is 38.5 Å². The van der Waals surface area contributed by atoms with E-state index in [1.165, 1.54) is 13.0 Å². The molecule has 5 rings (SSSR count). The van der Waals surface area contributed by atoms with Crippen molar-refractivity contribution in [3.63, 3.8) is 0 Å². The number of benzene rings is 2. The van der Waals surface area contributed by atoms with E-state index in [1.807, 2.05) is 4.90 Å². The molecule has 1 atom stereocenters. The van der Waals surface area contributed by atoms with Crippen LogP contribution in [0, 0.1) is 24.4 Å². The lowest BCUT2D eigenvalue weighted by molar-refractivity contribution is -0.140. The van der Waals surface area contributed by atoms with Gasteiger partial charge in [0.2, 0.25) is 5.91 Å². The van der Waals surface area contributed by atoms with Gasteiger partial charge < -0.3 is 19.6 Å². The van der Waals surface area contributed by atoms with Gasteiger partial charge in [-0.2, -0.15) is 0 Å². The van der Waals surface area contributed by atoms with E-state index in [2.05, 4.69) is 15.2 Å². The lowest BCUT2D eigenvalue weighted by Crippen LogP contribution is -2.50. The van der Waals surface area contributed by atoms with Crippen LogP contribution in [0.3, 0.4) is 0 Å². The number of aliphatic hydroxyl groups excluding tert-OH is 1. The number of hydrogen-bond acceptors (Lipinski definition) is 8. The molecule has 3 aliphatic rings. The summed E-state index contributed by atoms with van der Waals surface area (Å²) in [5.74, 6) is -1.75. The zero-order valence-electron chi connectivity index (χ0n) is 25.3. The predicted octanol–water partition coefficient (Wildman–Crippen LogP) is 5.07. The summed E-state index contributed by atoms with van der Waals surface area (Å²) in [5, 5.41) is 8.00. The first-order valence-corrected chi connectivity index (χ1v) is 14.5. The molecule has 2 N–H and O–H groups in total. The van der Waals surface area contributed by atoms with Crippen molar-refractivity contribution in [3.05, 3.63) is 87.7 Å². The third-order valence-electron chi connectivity index (χ3n) is 6.97. The number of fused-ring (bicyclic) bond motifs is 1. The van der Waals surface area contributed by atoms with E-state index < -0.39 is 28.5 Å². The number of esters is 1. The lowest BCUT2D eigenvalue weighted by Gasteiger charge is -2.35. The molecule has 1 amide bonds. The minimum atomic E-state index is -0.915. The summed E-state index contributed by atoms with van der Waals surface area (Å²) in [7, 11) is 2.68. The average molecular weight is 636 g/mol. The third-order valence-corrected chi connectivity index (χ3v) is 7.33. The number of allylic oxidation sites excluding steroid dienone is 1. The van der Waals surface area contributed by atoms with Crippen molar-refractivity contribution in [2.24, 2.45) is 4.99 Å². The Morgan fingerprint density at radius 1 is 1.11 bits per heavy atom. The number of nitrogens with zero attached hydrogens (tertiary/aromatic N) is 4. The predicted molar refractivity (Wildman–Crippen MR) is 163 cm³/mol. The molecule has 0 bridgehead atoms. The number of hydrazine groups is 1. The van der Waals surface area contributed by atoms with Crippen molar-refractivity contribution in [1.29, 1.82) is 0 Å².